The van der Waals surface area contributed by atoms with E-state index in [0.29, 0.717) is 30.9 Å². The Morgan fingerprint density at radius 2 is 1.90 bits per heavy atom. The number of allylic oxidation sites excluding steroid dienone is 1. The Hall–Kier alpha value is -3.18. The summed E-state index contributed by atoms with van der Waals surface area (Å²) in [6, 6.07) is 17.0. The number of ether oxygens (including phenoxy) is 1. The summed E-state index contributed by atoms with van der Waals surface area (Å²) in [5.41, 5.74) is 3.51. The van der Waals surface area contributed by atoms with Crippen LogP contribution in [0.5, 0.6) is 5.75 Å². The predicted octanol–water partition coefficient (Wildman–Crippen LogP) is 4.88. The van der Waals surface area contributed by atoms with Crippen molar-refractivity contribution in [2.24, 2.45) is 5.92 Å². The summed E-state index contributed by atoms with van der Waals surface area (Å²) in [4.78, 5) is 21.3. The van der Waals surface area contributed by atoms with Gasteiger partial charge in [0, 0.05) is 18.3 Å². The Labute approximate surface area is 180 Å². The second kappa shape index (κ2) is 9.09. The van der Waals surface area contributed by atoms with E-state index in [1.54, 1.807) is 6.20 Å². The molecule has 1 atom stereocenters. The van der Waals surface area contributed by atoms with Crippen LogP contribution < -0.4 is 10.1 Å². The molecule has 1 unspecified atom stereocenters. The lowest BCUT2D eigenvalue weighted by molar-refractivity contribution is -0.126. The van der Waals surface area contributed by atoms with E-state index in [2.05, 4.69) is 21.9 Å². The summed E-state index contributed by atoms with van der Waals surface area (Å²) < 4.78 is 5.95. The van der Waals surface area contributed by atoms with Gasteiger partial charge in [0.25, 0.3) is 0 Å². The van der Waals surface area contributed by atoms with Gasteiger partial charge in [0.2, 0.25) is 5.91 Å². The van der Waals surface area contributed by atoms with Crippen molar-refractivity contribution in [2.75, 3.05) is 0 Å². The smallest absolute Gasteiger partial charge is 0.224 e. The number of nitrogens with one attached hydrogen (secondary N) is 1. The highest BCUT2D eigenvalue weighted by molar-refractivity contribution is 6.30. The van der Waals surface area contributed by atoms with Crippen LogP contribution in [0.3, 0.4) is 0 Å². The van der Waals surface area contributed by atoms with Crippen LogP contribution >= 0.6 is 11.6 Å². The molecule has 1 amide bonds. The maximum absolute atomic E-state index is 12.8. The minimum absolute atomic E-state index is 0.0373. The van der Waals surface area contributed by atoms with Gasteiger partial charge in [-0.2, -0.15) is 0 Å². The van der Waals surface area contributed by atoms with Crippen LogP contribution in [0, 0.1) is 5.92 Å². The van der Waals surface area contributed by atoms with Crippen molar-refractivity contribution >= 4 is 17.5 Å². The van der Waals surface area contributed by atoms with Gasteiger partial charge in [0.15, 0.2) is 5.15 Å². The lowest BCUT2D eigenvalue weighted by Gasteiger charge is -2.29. The predicted molar refractivity (Wildman–Crippen MR) is 116 cm³/mol. The molecule has 30 heavy (non-hydrogen) atoms. The van der Waals surface area contributed by atoms with E-state index < -0.39 is 6.04 Å². The van der Waals surface area contributed by atoms with E-state index in [-0.39, 0.29) is 17.0 Å². The summed E-state index contributed by atoms with van der Waals surface area (Å²) in [7, 11) is 0. The molecule has 0 radical (unpaired) electrons. The molecule has 1 aromatic heterocycles. The van der Waals surface area contributed by atoms with Crippen molar-refractivity contribution in [3.63, 3.8) is 0 Å². The molecule has 1 aliphatic carbocycles. The maximum atomic E-state index is 12.8. The third-order valence-electron chi connectivity index (χ3n) is 5.12. The molecule has 1 saturated carbocycles. The molecule has 6 heteroatoms. The molecule has 0 spiro atoms. The Bertz CT molecular complexity index is 1050. The number of halogens is 1. The van der Waals surface area contributed by atoms with Crippen LogP contribution in [-0.2, 0) is 11.4 Å². The molecule has 5 nitrogen and oxygen atoms in total. The van der Waals surface area contributed by atoms with Gasteiger partial charge in [-0.1, -0.05) is 66.2 Å². The number of hydrogen-bond acceptors (Lipinski definition) is 4. The van der Waals surface area contributed by atoms with Crippen molar-refractivity contribution in [1.82, 2.24) is 15.3 Å². The summed E-state index contributed by atoms with van der Waals surface area (Å²) in [6.45, 7) is 4.38. The normalized spacial score (nSPS) is 14.6. The van der Waals surface area contributed by atoms with E-state index in [9.17, 15) is 4.79 Å². The average Bonchev–Trinajstić information content (AvgIpc) is 2.75. The van der Waals surface area contributed by atoms with Crippen LogP contribution in [0.4, 0.5) is 0 Å². The van der Waals surface area contributed by atoms with Gasteiger partial charge in [-0.3, -0.25) is 9.78 Å². The molecule has 152 valence electrons. The zero-order valence-corrected chi connectivity index (χ0v) is 17.2. The largest absolute Gasteiger partial charge is 0.489 e. The minimum atomic E-state index is -0.521. The molecule has 2 aromatic carbocycles. The molecule has 0 bridgehead atoms. The van der Waals surface area contributed by atoms with Crippen LogP contribution in [0.15, 0.2) is 79.1 Å². The highest BCUT2D eigenvalue weighted by Gasteiger charge is 2.31. The van der Waals surface area contributed by atoms with E-state index in [4.69, 9.17) is 16.3 Å². The molecule has 1 aliphatic rings. The monoisotopic (exact) mass is 419 g/mol. The van der Waals surface area contributed by atoms with Crippen LogP contribution in [-0.4, -0.2) is 15.9 Å². The van der Waals surface area contributed by atoms with Gasteiger partial charge in [-0.05, 0) is 36.1 Å². The SMILES string of the molecule is C=C1CC(C(=O)NC(c2cccc(OCc3ccccc3)c2)c2nccnc2Cl)C1. The van der Waals surface area contributed by atoms with Crippen molar-refractivity contribution in [1.29, 1.82) is 0 Å². The third kappa shape index (κ3) is 4.69. The molecular weight excluding hydrogens is 398 g/mol. The summed E-state index contributed by atoms with van der Waals surface area (Å²) in [5.74, 6) is 0.602. The maximum Gasteiger partial charge on any atom is 0.224 e. The van der Waals surface area contributed by atoms with Crippen LogP contribution in [0.1, 0.15) is 35.7 Å². The zero-order chi connectivity index (χ0) is 20.9. The number of benzene rings is 2. The highest BCUT2D eigenvalue weighted by atomic mass is 35.5. The summed E-state index contributed by atoms with van der Waals surface area (Å²) >= 11 is 6.31. The number of nitrogens with zero attached hydrogens (tertiary/aromatic N) is 2. The molecule has 0 saturated heterocycles. The number of carbonyl (C=O) groups is 1. The Kier molecular flexibility index (Phi) is 6.10. The molecule has 4 rings (SSSR count). The van der Waals surface area contributed by atoms with E-state index >= 15 is 0 Å². The number of amides is 1. The van der Waals surface area contributed by atoms with Crippen LogP contribution in [0.2, 0.25) is 5.15 Å². The van der Waals surface area contributed by atoms with E-state index in [1.165, 1.54) is 6.20 Å². The zero-order valence-electron chi connectivity index (χ0n) is 16.4. The topological polar surface area (TPSA) is 64.1 Å². The highest BCUT2D eigenvalue weighted by Crippen LogP contribution is 2.34. The molecule has 1 N–H and O–H groups in total. The van der Waals surface area contributed by atoms with Gasteiger partial charge < -0.3 is 10.1 Å². The van der Waals surface area contributed by atoms with Crippen molar-refractivity contribution in [3.05, 3.63) is 101 Å². The number of aromatic nitrogens is 2. The molecule has 1 heterocycles. The first-order valence-electron chi connectivity index (χ1n) is 9.80. The first-order chi connectivity index (χ1) is 14.6. The second-order valence-corrected chi connectivity index (χ2v) is 7.73. The fraction of sp³-hybridized carbons (Fsp3) is 0.208. The van der Waals surface area contributed by atoms with Gasteiger partial charge >= 0.3 is 0 Å². The van der Waals surface area contributed by atoms with Crippen molar-refractivity contribution in [3.8, 4) is 5.75 Å². The van der Waals surface area contributed by atoms with Crippen molar-refractivity contribution in [2.45, 2.75) is 25.5 Å². The first-order valence-corrected chi connectivity index (χ1v) is 10.2. The Morgan fingerprint density at radius 1 is 1.13 bits per heavy atom. The number of hydrogen-bond donors (Lipinski definition) is 1. The second-order valence-electron chi connectivity index (χ2n) is 7.38. The first kappa shape index (κ1) is 20.1. The summed E-state index contributed by atoms with van der Waals surface area (Å²) in [5, 5.41) is 3.35. The number of carbonyl (C=O) groups excluding carboxylic acids is 1. The Morgan fingerprint density at radius 3 is 2.63 bits per heavy atom. The third-order valence-corrected chi connectivity index (χ3v) is 5.41. The average molecular weight is 420 g/mol. The number of rotatable bonds is 7. The minimum Gasteiger partial charge on any atom is -0.489 e. The molecule has 1 fully saturated rings. The fourth-order valence-electron chi connectivity index (χ4n) is 3.44. The lowest BCUT2D eigenvalue weighted by Crippen LogP contribution is -2.38. The molecule has 3 aromatic rings. The molecular formula is C24H22ClN3O2. The van der Waals surface area contributed by atoms with Gasteiger partial charge in [-0.25, -0.2) is 4.98 Å². The van der Waals surface area contributed by atoms with Gasteiger partial charge in [0.05, 0.1) is 6.04 Å². The standard InChI is InChI=1S/C24H22ClN3O2/c1-16-12-19(13-16)24(29)28-21(22-23(25)27-11-10-26-22)18-8-5-9-20(14-18)30-15-17-6-3-2-4-7-17/h2-11,14,19,21H,1,12-13,15H2,(H,28,29). The van der Waals surface area contributed by atoms with Gasteiger partial charge in [-0.15, -0.1) is 0 Å². The molecule has 0 aliphatic heterocycles. The fourth-order valence-corrected chi connectivity index (χ4v) is 3.66. The lowest BCUT2D eigenvalue weighted by atomic mass is 9.80. The van der Waals surface area contributed by atoms with Crippen molar-refractivity contribution < 1.29 is 9.53 Å². The quantitative estimate of drug-likeness (QED) is 0.554. The summed E-state index contributed by atoms with van der Waals surface area (Å²) in [6.07, 6.45) is 4.53. The van der Waals surface area contributed by atoms with Gasteiger partial charge in [0.1, 0.15) is 18.1 Å². The van der Waals surface area contributed by atoms with E-state index in [1.807, 2.05) is 54.6 Å². The Balaban J connectivity index is 1.57. The van der Waals surface area contributed by atoms with E-state index in [0.717, 1.165) is 16.7 Å². The van der Waals surface area contributed by atoms with Crippen LogP contribution in [0.25, 0.3) is 0 Å².